The Labute approximate surface area is 130 Å². The van der Waals surface area contributed by atoms with Crippen LogP contribution in [-0.2, 0) is 0 Å². The van der Waals surface area contributed by atoms with Gasteiger partial charge in [0, 0.05) is 17.4 Å². The summed E-state index contributed by atoms with van der Waals surface area (Å²) in [6, 6.07) is -0.0411. The third-order valence-electron chi connectivity index (χ3n) is 2.20. The molecule has 0 bridgehead atoms. The van der Waals surface area contributed by atoms with Crippen LogP contribution in [0.4, 0.5) is 12.9 Å². The van der Waals surface area contributed by atoms with E-state index in [9.17, 15) is 12.9 Å². The molecule has 0 unspecified atom stereocenters. The molecule has 0 saturated carbocycles. The van der Waals surface area contributed by atoms with Crippen molar-refractivity contribution in [3.63, 3.8) is 0 Å². The number of halogens is 3. The molecule has 0 N–H and O–H groups in total. The largest absolute Gasteiger partial charge is 1.00 e. The number of hydrogen-bond donors (Lipinski definition) is 0. The van der Waals surface area contributed by atoms with Crippen LogP contribution < -0.4 is 56.8 Å². The van der Waals surface area contributed by atoms with Crippen LogP contribution in [0.15, 0.2) is 0 Å². The molecule has 2 nitrogen and oxygen atoms in total. The SMILES string of the molecule is Cc1nn(C(C)C)c(C)c1[B-](F)(F)F.[K+]. The Morgan fingerprint density at radius 1 is 1.20 bits per heavy atom. The number of hydrogen-bond acceptors (Lipinski definition) is 1. The van der Waals surface area contributed by atoms with Crippen LogP contribution in [0.3, 0.4) is 0 Å². The van der Waals surface area contributed by atoms with E-state index in [2.05, 4.69) is 5.10 Å². The van der Waals surface area contributed by atoms with E-state index >= 15 is 0 Å². The van der Waals surface area contributed by atoms with E-state index in [-0.39, 0.29) is 68.8 Å². The van der Waals surface area contributed by atoms with Gasteiger partial charge in [-0.3, -0.25) is 4.68 Å². The second kappa shape index (κ2) is 5.36. The van der Waals surface area contributed by atoms with Crippen LogP contribution in [-0.4, -0.2) is 16.8 Å². The summed E-state index contributed by atoms with van der Waals surface area (Å²) in [5, 5.41) is 3.89. The Kier molecular flexibility index (Phi) is 5.61. The third-order valence-corrected chi connectivity index (χ3v) is 2.20. The molecule has 0 aromatic carbocycles. The van der Waals surface area contributed by atoms with E-state index in [1.165, 1.54) is 18.5 Å². The summed E-state index contributed by atoms with van der Waals surface area (Å²) in [6.07, 6.45) is 0. The maximum Gasteiger partial charge on any atom is 1.00 e. The van der Waals surface area contributed by atoms with Gasteiger partial charge in [-0.1, -0.05) is 5.46 Å². The van der Waals surface area contributed by atoms with Gasteiger partial charge in [0.25, 0.3) is 0 Å². The van der Waals surface area contributed by atoms with Crippen molar-refractivity contribution in [1.82, 2.24) is 9.78 Å². The molecule has 1 aromatic rings. The van der Waals surface area contributed by atoms with Crippen molar-refractivity contribution in [3.8, 4) is 0 Å². The Morgan fingerprint density at radius 3 is 1.87 bits per heavy atom. The molecule has 7 heteroatoms. The molecule has 80 valence electrons. The first-order valence-electron chi connectivity index (χ1n) is 4.50. The van der Waals surface area contributed by atoms with Gasteiger partial charge in [0.2, 0.25) is 0 Å². The number of rotatable bonds is 2. The average molecular weight is 244 g/mol. The molecule has 1 aromatic heterocycles. The van der Waals surface area contributed by atoms with Gasteiger partial charge in [0.15, 0.2) is 0 Å². The first-order valence-corrected chi connectivity index (χ1v) is 4.50. The summed E-state index contributed by atoms with van der Waals surface area (Å²) in [5.74, 6) is 0. The first kappa shape index (κ1) is 15.7. The van der Waals surface area contributed by atoms with Crippen LogP contribution in [0.25, 0.3) is 0 Å². The molecular weight excluding hydrogens is 231 g/mol. The second-order valence-electron chi connectivity index (χ2n) is 3.70. The minimum atomic E-state index is -4.95. The molecule has 0 radical (unpaired) electrons. The Morgan fingerprint density at radius 2 is 1.67 bits per heavy atom. The molecule has 0 aliphatic heterocycles. The van der Waals surface area contributed by atoms with Gasteiger partial charge in [0.1, 0.15) is 0 Å². The van der Waals surface area contributed by atoms with Crippen molar-refractivity contribution in [2.24, 2.45) is 0 Å². The van der Waals surface area contributed by atoms with Gasteiger partial charge < -0.3 is 12.9 Å². The second-order valence-corrected chi connectivity index (χ2v) is 3.70. The maximum absolute atomic E-state index is 12.6. The Hall–Kier alpha value is 0.701. The van der Waals surface area contributed by atoms with Gasteiger partial charge >= 0.3 is 58.4 Å². The van der Waals surface area contributed by atoms with Gasteiger partial charge in [-0.25, -0.2) is 0 Å². The van der Waals surface area contributed by atoms with E-state index in [1.54, 1.807) is 0 Å². The van der Waals surface area contributed by atoms with E-state index in [1.807, 2.05) is 13.8 Å². The molecular formula is C8H13BF3KN2. The molecule has 0 fully saturated rings. The number of aryl methyl sites for hydroxylation is 1. The first-order chi connectivity index (χ1) is 6.25. The summed E-state index contributed by atoms with van der Waals surface area (Å²) in [4.78, 5) is 0. The quantitative estimate of drug-likeness (QED) is 0.619. The molecule has 0 aliphatic rings. The number of nitrogens with zero attached hydrogens (tertiary/aromatic N) is 2. The van der Waals surface area contributed by atoms with Crippen molar-refractivity contribution in [3.05, 3.63) is 11.4 Å². The molecule has 0 aliphatic carbocycles. The van der Waals surface area contributed by atoms with Crippen LogP contribution in [0.1, 0.15) is 31.3 Å². The standard InChI is InChI=1S/C8H13BF3N2.K/c1-5(2)14-7(4)8(6(3)13-14)9(10,11)12;/h5H,1-4H3;/q-1;+1. The summed E-state index contributed by atoms with van der Waals surface area (Å²) in [6.45, 7) is 1.54. The van der Waals surface area contributed by atoms with Crippen LogP contribution in [0.2, 0.25) is 0 Å². The van der Waals surface area contributed by atoms with E-state index < -0.39 is 12.4 Å². The van der Waals surface area contributed by atoms with Gasteiger partial charge in [0.05, 0.1) is 0 Å². The van der Waals surface area contributed by atoms with Crippen LogP contribution in [0, 0.1) is 13.8 Å². The zero-order valence-electron chi connectivity index (χ0n) is 9.68. The topological polar surface area (TPSA) is 17.8 Å². The normalized spacial score (nSPS) is 11.7. The molecule has 0 atom stereocenters. The van der Waals surface area contributed by atoms with E-state index in [0.717, 1.165) is 0 Å². The van der Waals surface area contributed by atoms with Crippen molar-refractivity contribution in [1.29, 1.82) is 0 Å². The van der Waals surface area contributed by atoms with Gasteiger partial charge in [-0.2, -0.15) is 5.10 Å². The summed E-state index contributed by atoms with van der Waals surface area (Å²) in [7, 11) is 0. The summed E-state index contributed by atoms with van der Waals surface area (Å²) >= 11 is 0. The van der Waals surface area contributed by atoms with E-state index in [0.29, 0.717) is 0 Å². The fourth-order valence-corrected chi connectivity index (χ4v) is 1.65. The minimum absolute atomic E-state index is 0. The van der Waals surface area contributed by atoms with Crippen molar-refractivity contribution < 1.29 is 64.3 Å². The minimum Gasteiger partial charge on any atom is -0.445 e. The zero-order valence-corrected chi connectivity index (χ0v) is 12.8. The Bertz CT molecular complexity index is 346. The molecule has 0 saturated heterocycles. The van der Waals surface area contributed by atoms with Crippen molar-refractivity contribution in [2.45, 2.75) is 33.7 Å². The van der Waals surface area contributed by atoms with Gasteiger partial charge in [-0.15, -0.1) is 0 Å². The molecule has 1 heterocycles. The molecule has 15 heavy (non-hydrogen) atoms. The summed E-state index contributed by atoms with van der Waals surface area (Å²) in [5.41, 5.74) is -0.257. The molecule has 0 spiro atoms. The molecule has 1 rings (SSSR count). The fraction of sp³-hybridized carbons (Fsp3) is 0.625. The van der Waals surface area contributed by atoms with Crippen molar-refractivity contribution >= 4 is 12.4 Å². The number of aromatic nitrogens is 2. The van der Waals surface area contributed by atoms with Gasteiger partial charge in [-0.05, 0) is 27.7 Å². The predicted molar refractivity (Wildman–Crippen MR) is 50.8 cm³/mol. The van der Waals surface area contributed by atoms with E-state index in [4.69, 9.17) is 0 Å². The monoisotopic (exact) mass is 244 g/mol. The predicted octanol–water partition coefficient (Wildman–Crippen LogP) is -0.861. The zero-order chi connectivity index (χ0) is 11.1. The third kappa shape index (κ3) is 3.33. The Balaban J connectivity index is 0.00000196. The van der Waals surface area contributed by atoms with Crippen LogP contribution >= 0.6 is 0 Å². The van der Waals surface area contributed by atoms with Crippen LogP contribution in [0.5, 0.6) is 0 Å². The van der Waals surface area contributed by atoms with Crippen molar-refractivity contribution in [2.75, 3.05) is 0 Å². The smallest absolute Gasteiger partial charge is 0.445 e. The summed E-state index contributed by atoms with van der Waals surface area (Å²) < 4.78 is 39.2. The fourth-order valence-electron chi connectivity index (χ4n) is 1.65. The average Bonchev–Trinajstić information content (AvgIpc) is 2.24. The maximum atomic E-state index is 12.6. The molecule has 0 amide bonds.